The predicted octanol–water partition coefficient (Wildman–Crippen LogP) is 1.88. The molecule has 0 aromatic carbocycles. The second-order valence-corrected chi connectivity index (χ2v) is 3.26. The first-order valence-corrected chi connectivity index (χ1v) is 5.39. The van der Waals surface area contributed by atoms with Crippen LogP contribution in [0.25, 0.3) is 0 Å². The highest BCUT2D eigenvalue weighted by Crippen LogP contribution is 1.88. The van der Waals surface area contributed by atoms with Crippen LogP contribution in [-0.2, 0) is 0 Å². The second kappa shape index (κ2) is 9.75. The van der Waals surface area contributed by atoms with E-state index in [0.717, 1.165) is 26.1 Å². The molecule has 0 aromatic rings. The van der Waals surface area contributed by atoms with Gasteiger partial charge in [-0.3, -0.25) is 0 Å². The lowest BCUT2D eigenvalue weighted by Gasteiger charge is -2.19. The van der Waals surface area contributed by atoms with Crippen LogP contribution in [0.3, 0.4) is 0 Å². The number of hydrogen-bond donors (Lipinski definition) is 1. The van der Waals surface area contributed by atoms with E-state index in [-0.39, 0.29) is 0 Å². The summed E-state index contributed by atoms with van der Waals surface area (Å²) in [5.41, 5.74) is 0. The van der Waals surface area contributed by atoms with E-state index in [9.17, 15) is 0 Å². The van der Waals surface area contributed by atoms with Gasteiger partial charge >= 0.3 is 0 Å². The molecule has 0 aliphatic heterocycles. The lowest BCUT2D eigenvalue weighted by Crippen LogP contribution is -2.32. The molecule has 0 amide bonds. The van der Waals surface area contributed by atoms with Crippen LogP contribution in [0.4, 0.5) is 0 Å². The Kier molecular flexibility index (Phi) is 9.49. The summed E-state index contributed by atoms with van der Waals surface area (Å²) in [6.07, 6.45) is 4.27. The average Bonchev–Trinajstić information content (AvgIpc) is 2.16. The van der Waals surface area contributed by atoms with Gasteiger partial charge in [0.15, 0.2) is 0 Å². The third-order valence-electron chi connectivity index (χ3n) is 2.12. The van der Waals surface area contributed by atoms with Crippen molar-refractivity contribution < 1.29 is 0 Å². The highest BCUT2D eigenvalue weighted by atomic mass is 15.1. The van der Waals surface area contributed by atoms with Crippen LogP contribution >= 0.6 is 0 Å². The fourth-order valence-corrected chi connectivity index (χ4v) is 1.31. The highest BCUT2D eigenvalue weighted by Gasteiger charge is 1.98. The molecule has 13 heavy (non-hydrogen) atoms. The van der Waals surface area contributed by atoms with Crippen molar-refractivity contribution in [2.75, 3.05) is 32.7 Å². The lowest BCUT2D eigenvalue weighted by molar-refractivity contribution is 0.288. The van der Waals surface area contributed by atoms with Gasteiger partial charge in [-0.25, -0.2) is 0 Å². The molecule has 2 nitrogen and oxygen atoms in total. The van der Waals surface area contributed by atoms with Crippen LogP contribution < -0.4 is 5.32 Å². The van der Waals surface area contributed by atoms with Crippen molar-refractivity contribution in [3.8, 4) is 0 Å². The molecule has 0 heterocycles. The molecule has 0 aromatic heterocycles. The maximum atomic E-state index is 3.69. The molecule has 0 rings (SSSR count). The largest absolute Gasteiger partial charge is 0.315 e. The Morgan fingerprint density at radius 3 is 2.54 bits per heavy atom. The Morgan fingerprint density at radius 2 is 2.00 bits per heavy atom. The summed E-state index contributed by atoms with van der Waals surface area (Å²) in [5.74, 6) is 0. The molecule has 0 spiro atoms. The van der Waals surface area contributed by atoms with Crippen molar-refractivity contribution in [2.24, 2.45) is 0 Å². The van der Waals surface area contributed by atoms with Crippen molar-refractivity contribution in [1.82, 2.24) is 10.2 Å². The van der Waals surface area contributed by atoms with Crippen LogP contribution in [0.2, 0.25) is 0 Å². The van der Waals surface area contributed by atoms with Gasteiger partial charge in [0.2, 0.25) is 0 Å². The normalized spacial score (nSPS) is 10.7. The maximum Gasteiger partial charge on any atom is 0.0107 e. The molecule has 0 saturated heterocycles. The van der Waals surface area contributed by atoms with Crippen LogP contribution in [0.1, 0.15) is 26.7 Å². The SMILES string of the molecule is C=CCCNCCN(CC)CCC. The van der Waals surface area contributed by atoms with Crippen molar-refractivity contribution in [3.05, 3.63) is 12.7 Å². The zero-order valence-corrected chi connectivity index (χ0v) is 9.18. The first-order chi connectivity index (χ1) is 6.35. The topological polar surface area (TPSA) is 15.3 Å². The summed E-state index contributed by atoms with van der Waals surface area (Å²) in [6, 6.07) is 0. The molecule has 0 fully saturated rings. The van der Waals surface area contributed by atoms with E-state index < -0.39 is 0 Å². The number of rotatable bonds is 9. The van der Waals surface area contributed by atoms with Gasteiger partial charge in [0.25, 0.3) is 0 Å². The maximum absolute atomic E-state index is 3.69. The quantitative estimate of drug-likeness (QED) is 0.435. The molecule has 0 saturated carbocycles. The molecule has 0 radical (unpaired) electrons. The van der Waals surface area contributed by atoms with Gasteiger partial charge in [-0.1, -0.05) is 19.9 Å². The minimum Gasteiger partial charge on any atom is -0.315 e. The van der Waals surface area contributed by atoms with E-state index in [4.69, 9.17) is 0 Å². The van der Waals surface area contributed by atoms with E-state index in [1.807, 2.05) is 6.08 Å². The Bertz CT molecular complexity index is 113. The first-order valence-electron chi connectivity index (χ1n) is 5.39. The van der Waals surface area contributed by atoms with E-state index >= 15 is 0 Å². The lowest BCUT2D eigenvalue weighted by atomic mass is 10.4. The van der Waals surface area contributed by atoms with Crippen LogP contribution in [0, 0.1) is 0 Å². The minimum atomic E-state index is 1.06. The van der Waals surface area contributed by atoms with Crippen LogP contribution in [0.15, 0.2) is 12.7 Å². The molecular weight excluding hydrogens is 160 g/mol. The Labute approximate surface area is 83.0 Å². The summed E-state index contributed by atoms with van der Waals surface area (Å²) in [7, 11) is 0. The van der Waals surface area contributed by atoms with Gasteiger partial charge < -0.3 is 10.2 Å². The van der Waals surface area contributed by atoms with E-state index in [0.29, 0.717) is 0 Å². The standard InChI is InChI=1S/C11H24N2/c1-4-7-8-12-9-11-13(6-3)10-5-2/h4,12H,1,5-11H2,2-3H3. The summed E-state index contributed by atoms with van der Waals surface area (Å²) in [5, 5.41) is 3.40. The van der Waals surface area contributed by atoms with E-state index in [1.54, 1.807) is 0 Å². The van der Waals surface area contributed by atoms with Gasteiger partial charge in [0, 0.05) is 13.1 Å². The first kappa shape index (κ1) is 12.7. The molecule has 1 N–H and O–H groups in total. The predicted molar refractivity (Wildman–Crippen MR) is 60.1 cm³/mol. The van der Waals surface area contributed by atoms with E-state index in [2.05, 4.69) is 30.6 Å². The van der Waals surface area contributed by atoms with Gasteiger partial charge in [-0.2, -0.15) is 0 Å². The Balaban J connectivity index is 3.22. The van der Waals surface area contributed by atoms with Crippen molar-refractivity contribution in [2.45, 2.75) is 26.7 Å². The molecule has 0 bridgehead atoms. The van der Waals surface area contributed by atoms with Gasteiger partial charge in [0.05, 0.1) is 0 Å². The smallest absolute Gasteiger partial charge is 0.0107 e. The molecule has 2 heteroatoms. The van der Waals surface area contributed by atoms with Gasteiger partial charge in [-0.15, -0.1) is 6.58 Å². The summed E-state index contributed by atoms with van der Waals surface area (Å²) < 4.78 is 0. The summed E-state index contributed by atoms with van der Waals surface area (Å²) in [4.78, 5) is 2.47. The third-order valence-corrected chi connectivity index (χ3v) is 2.12. The Hall–Kier alpha value is -0.340. The molecule has 0 aliphatic carbocycles. The molecule has 0 aliphatic rings. The van der Waals surface area contributed by atoms with E-state index in [1.165, 1.54) is 19.5 Å². The second-order valence-electron chi connectivity index (χ2n) is 3.26. The van der Waals surface area contributed by atoms with Gasteiger partial charge in [-0.05, 0) is 32.5 Å². The number of nitrogens with zero attached hydrogens (tertiary/aromatic N) is 1. The number of nitrogens with one attached hydrogen (secondary N) is 1. The monoisotopic (exact) mass is 184 g/mol. The third kappa shape index (κ3) is 8.00. The zero-order valence-electron chi connectivity index (χ0n) is 9.18. The minimum absolute atomic E-state index is 1.06. The fraction of sp³-hybridized carbons (Fsp3) is 0.818. The average molecular weight is 184 g/mol. The van der Waals surface area contributed by atoms with Crippen LogP contribution in [-0.4, -0.2) is 37.6 Å². The molecule has 78 valence electrons. The molecular formula is C11H24N2. The highest BCUT2D eigenvalue weighted by molar-refractivity contribution is 4.67. The summed E-state index contributed by atoms with van der Waals surface area (Å²) in [6.45, 7) is 13.9. The van der Waals surface area contributed by atoms with Crippen molar-refractivity contribution in [1.29, 1.82) is 0 Å². The molecule has 0 atom stereocenters. The Morgan fingerprint density at radius 1 is 1.23 bits per heavy atom. The van der Waals surface area contributed by atoms with Gasteiger partial charge in [0.1, 0.15) is 0 Å². The number of hydrogen-bond acceptors (Lipinski definition) is 2. The molecule has 0 unspecified atom stereocenters. The zero-order chi connectivity index (χ0) is 9.94. The van der Waals surface area contributed by atoms with Crippen LogP contribution in [0.5, 0.6) is 0 Å². The number of likely N-dealkylation sites (N-methyl/N-ethyl adjacent to an activating group) is 1. The van der Waals surface area contributed by atoms with Crippen molar-refractivity contribution >= 4 is 0 Å². The fourth-order valence-electron chi connectivity index (χ4n) is 1.31. The van der Waals surface area contributed by atoms with Crippen molar-refractivity contribution in [3.63, 3.8) is 0 Å². The summed E-state index contributed by atoms with van der Waals surface area (Å²) >= 11 is 0.